The van der Waals surface area contributed by atoms with Gasteiger partial charge in [0.2, 0.25) is 0 Å². The van der Waals surface area contributed by atoms with Gasteiger partial charge in [-0.05, 0) is 37.3 Å². The van der Waals surface area contributed by atoms with Crippen LogP contribution in [0.15, 0.2) is 42.7 Å². The first kappa shape index (κ1) is 12.2. The molecule has 100 valence electrons. The number of nitrogen functional groups attached to an aromatic ring is 1. The van der Waals surface area contributed by atoms with Gasteiger partial charge in [-0.3, -0.25) is 9.78 Å². The number of hydrogen-bond acceptors (Lipinski definition) is 3. The summed E-state index contributed by atoms with van der Waals surface area (Å²) in [5, 5.41) is 3.67. The van der Waals surface area contributed by atoms with Gasteiger partial charge in [0, 0.05) is 29.0 Å². The van der Waals surface area contributed by atoms with Crippen molar-refractivity contribution in [2.45, 2.75) is 6.92 Å². The Morgan fingerprint density at radius 1 is 1.35 bits per heavy atom. The van der Waals surface area contributed by atoms with Crippen LogP contribution in [-0.2, 0) is 0 Å². The maximum atomic E-state index is 12.4. The maximum Gasteiger partial charge on any atom is 0.257 e. The highest BCUT2D eigenvalue weighted by atomic mass is 16.1. The minimum Gasteiger partial charge on any atom is -0.399 e. The molecule has 4 N–H and O–H groups in total. The smallest absolute Gasteiger partial charge is 0.257 e. The van der Waals surface area contributed by atoms with E-state index in [0.717, 1.165) is 16.6 Å². The van der Waals surface area contributed by atoms with Crippen molar-refractivity contribution in [1.29, 1.82) is 0 Å². The van der Waals surface area contributed by atoms with E-state index >= 15 is 0 Å². The second-order valence-corrected chi connectivity index (χ2v) is 4.60. The Balaban J connectivity index is 1.97. The molecule has 0 radical (unpaired) electrons. The largest absolute Gasteiger partial charge is 0.399 e. The van der Waals surface area contributed by atoms with Crippen LogP contribution in [-0.4, -0.2) is 15.9 Å². The Kier molecular flexibility index (Phi) is 2.87. The molecular weight excluding hydrogens is 252 g/mol. The molecule has 20 heavy (non-hydrogen) atoms. The van der Waals surface area contributed by atoms with E-state index in [-0.39, 0.29) is 5.91 Å². The zero-order valence-corrected chi connectivity index (χ0v) is 11.0. The second-order valence-electron chi connectivity index (χ2n) is 4.60. The zero-order chi connectivity index (χ0) is 14.1. The first-order valence-corrected chi connectivity index (χ1v) is 6.25. The monoisotopic (exact) mass is 266 g/mol. The SMILES string of the molecule is Cc1ncccc1NC(=O)c1c[nH]c2ccc(N)cc12. The van der Waals surface area contributed by atoms with Crippen molar-refractivity contribution in [1.82, 2.24) is 9.97 Å². The van der Waals surface area contributed by atoms with Gasteiger partial charge in [-0.15, -0.1) is 0 Å². The molecular formula is C15H14N4O. The topological polar surface area (TPSA) is 83.8 Å². The molecule has 0 aliphatic carbocycles. The Morgan fingerprint density at radius 2 is 2.20 bits per heavy atom. The van der Waals surface area contributed by atoms with Gasteiger partial charge in [-0.1, -0.05) is 0 Å². The Hall–Kier alpha value is -2.82. The van der Waals surface area contributed by atoms with E-state index in [1.807, 2.05) is 19.1 Å². The summed E-state index contributed by atoms with van der Waals surface area (Å²) in [4.78, 5) is 19.6. The number of anilines is 2. The van der Waals surface area contributed by atoms with Crippen LogP contribution in [0.5, 0.6) is 0 Å². The Labute approximate surface area is 115 Å². The summed E-state index contributed by atoms with van der Waals surface area (Å²) >= 11 is 0. The van der Waals surface area contributed by atoms with Crippen molar-refractivity contribution in [3.63, 3.8) is 0 Å². The number of nitrogens with one attached hydrogen (secondary N) is 2. The quantitative estimate of drug-likeness (QED) is 0.623. The summed E-state index contributed by atoms with van der Waals surface area (Å²) in [7, 11) is 0. The molecule has 0 aliphatic heterocycles. The molecule has 0 unspecified atom stereocenters. The fraction of sp³-hybridized carbons (Fsp3) is 0.0667. The van der Waals surface area contributed by atoms with E-state index in [4.69, 9.17) is 5.73 Å². The van der Waals surface area contributed by atoms with Gasteiger partial charge in [0.1, 0.15) is 0 Å². The van der Waals surface area contributed by atoms with Gasteiger partial charge in [-0.2, -0.15) is 0 Å². The second kappa shape index (κ2) is 4.70. The van der Waals surface area contributed by atoms with Crippen LogP contribution in [0.2, 0.25) is 0 Å². The standard InChI is InChI=1S/C15H14N4O/c1-9-13(3-2-6-17-9)19-15(20)12-8-18-14-5-4-10(16)7-11(12)14/h2-8,18H,16H2,1H3,(H,19,20). The molecule has 0 saturated heterocycles. The highest BCUT2D eigenvalue weighted by Crippen LogP contribution is 2.22. The number of amides is 1. The minimum atomic E-state index is -0.182. The maximum absolute atomic E-state index is 12.4. The van der Waals surface area contributed by atoms with E-state index in [2.05, 4.69) is 15.3 Å². The summed E-state index contributed by atoms with van der Waals surface area (Å²) < 4.78 is 0. The predicted octanol–water partition coefficient (Wildman–Crippen LogP) is 2.71. The first-order chi connectivity index (χ1) is 9.65. The van der Waals surface area contributed by atoms with Crippen molar-refractivity contribution < 1.29 is 4.79 Å². The molecule has 0 atom stereocenters. The Morgan fingerprint density at radius 3 is 3.00 bits per heavy atom. The van der Waals surface area contributed by atoms with Crippen molar-refractivity contribution in [2.24, 2.45) is 0 Å². The number of nitrogens with two attached hydrogens (primary N) is 1. The predicted molar refractivity (Wildman–Crippen MR) is 79.6 cm³/mol. The van der Waals surface area contributed by atoms with Crippen LogP contribution in [0.1, 0.15) is 16.1 Å². The number of nitrogens with zero attached hydrogens (tertiary/aromatic N) is 1. The van der Waals surface area contributed by atoms with Gasteiger partial charge in [0.05, 0.1) is 16.9 Å². The van der Waals surface area contributed by atoms with E-state index < -0.39 is 0 Å². The molecule has 0 spiro atoms. The summed E-state index contributed by atoms with van der Waals surface area (Å²) in [6.45, 7) is 1.85. The van der Waals surface area contributed by atoms with E-state index in [9.17, 15) is 4.79 Å². The lowest BCUT2D eigenvalue weighted by molar-refractivity contribution is 0.102. The third-order valence-electron chi connectivity index (χ3n) is 3.21. The minimum absolute atomic E-state index is 0.182. The number of rotatable bonds is 2. The van der Waals surface area contributed by atoms with Crippen LogP contribution >= 0.6 is 0 Å². The molecule has 0 saturated carbocycles. The molecule has 1 amide bonds. The average molecular weight is 266 g/mol. The lowest BCUT2D eigenvalue weighted by Gasteiger charge is -2.06. The third-order valence-corrected chi connectivity index (χ3v) is 3.21. The highest BCUT2D eigenvalue weighted by Gasteiger charge is 2.13. The number of pyridine rings is 1. The van der Waals surface area contributed by atoms with Crippen LogP contribution in [0.4, 0.5) is 11.4 Å². The van der Waals surface area contributed by atoms with Gasteiger partial charge >= 0.3 is 0 Å². The van der Waals surface area contributed by atoms with Crippen molar-refractivity contribution in [2.75, 3.05) is 11.1 Å². The lowest BCUT2D eigenvalue weighted by atomic mass is 10.1. The number of fused-ring (bicyclic) bond motifs is 1. The summed E-state index contributed by atoms with van der Waals surface area (Å²) in [6.07, 6.45) is 3.38. The molecule has 3 aromatic rings. The van der Waals surface area contributed by atoms with Crippen molar-refractivity contribution in [3.8, 4) is 0 Å². The molecule has 3 rings (SSSR count). The van der Waals surface area contributed by atoms with Crippen LogP contribution in [0.25, 0.3) is 10.9 Å². The summed E-state index contributed by atoms with van der Waals surface area (Å²) in [5.74, 6) is -0.182. The molecule has 0 fully saturated rings. The van der Waals surface area contributed by atoms with Gasteiger partial charge < -0.3 is 16.0 Å². The Bertz CT molecular complexity index is 791. The average Bonchev–Trinajstić information content (AvgIpc) is 2.84. The fourth-order valence-electron chi connectivity index (χ4n) is 2.13. The summed E-state index contributed by atoms with van der Waals surface area (Å²) in [5.41, 5.74) is 9.33. The number of aryl methyl sites for hydroxylation is 1. The molecule has 5 heteroatoms. The lowest BCUT2D eigenvalue weighted by Crippen LogP contribution is -2.12. The molecule has 0 bridgehead atoms. The van der Waals surface area contributed by atoms with Crippen LogP contribution in [0, 0.1) is 6.92 Å². The number of aromatic amines is 1. The number of aromatic nitrogens is 2. The van der Waals surface area contributed by atoms with Crippen molar-refractivity contribution in [3.05, 3.63) is 54.0 Å². The van der Waals surface area contributed by atoms with E-state index in [0.29, 0.717) is 16.9 Å². The van der Waals surface area contributed by atoms with Crippen LogP contribution < -0.4 is 11.1 Å². The number of benzene rings is 1. The van der Waals surface area contributed by atoms with E-state index in [1.165, 1.54) is 0 Å². The molecule has 5 nitrogen and oxygen atoms in total. The van der Waals surface area contributed by atoms with Gasteiger partial charge in [-0.25, -0.2) is 0 Å². The third kappa shape index (κ3) is 2.09. The zero-order valence-electron chi connectivity index (χ0n) is 11.0. The highest BCUT2D eigenvalue weighted by molar-refractivity contribution is 6.13. The van der Waals surface area contributed by atoms with Crippen LogP contribution in [0.3, 0.4) is 0 Å². The van der Waals surface area contributed by atoms with Crippen molar-refractivity contribution >= 4 is 28.2 Å². The number of carbonyl (C=O) groups excluding carboxylic acids is 1. The molecule has 2 aromatic heterocycles. The van der Waals surface area contributed by atoms with E-state index in [1.54, 1.807) is 30.6 Å². The van der Waals surface area contributed by atoms with Gasteiger partial charge in [0.15, 0.2) is 0 Å². The molecule has 0 aliphatic rings. The number of H-pyrrole nitrogens is 1. The molecule has 2 heterocycles. The normalized spacial score (nSPS) is 10.7. The number of hydrogen-bond donors (Lipinski definition) is 3. The van der Waals surface area contributed by atoms with Gasteiger partial charge in [0.25, 0.3) is 5.91 Å². The first-order valence-electron chi connectivity index (χ1n) is 6.25. The number of carbonyl (C=O) groups is 1. The summed E-state index contributed by atoms with van der Waals surface area (Å²) in [6, 6.07) is 9.05. The fourth-order valence-corrected chi connectivity index (χ4v) is 2.13. The molecule has 1 aromatic carbocycles.